The molecule has 2 heterocycles. The third-order valence-electron chi connectivity index (χ3n) is 3.77. The van der Waals surface area contributed by atoms with E-state index in [0.29, 0.717) is 6.04 Å². The zero-order valence-electron chi connectivity index (χ0n) is 11.6. The Labute approximate surface area is 118 Å². The molecule has 0 amide bonds. The second-order valence-corrected chi connectivity index (χ2v) is 6.33. The Balaban J connectivity index is 1.81. The van der Waals surface area contributed by atoms with E-state index in [2.05, 4.69) is 46.5 Å². The lowest BCUT2D eigenvalue weighted by Crippen LogP contribution is -2.23. The minimum Gasteiger partial charge on any atom is -0.348 e. The third kappa shape index (κ3) is 2.74. The summed E-state index contributed by atoms with van der Waals surface area (Å²) in [5.74, 6) is 0. The van der Waals surface area contributed by atoms with Crippen LogP contribution in [-0.4, -0.2) is 16.1 Å². The van der Waals surface area contributed by atoms with Crippen LogP contribution in [0.5, 0.6) is 0 Å². The lowest BCUT2D eigenvalue weighted by atomic mass is 9.91. The van der Waals surface area contributed by atoms with E-state index in [-0.39, 0.29) is 0 Å². The zero-order chi connectivity index (χ0) is 13.2. The molecule has 4 heteroatoms. The summed E-state index contributed by atoms with van der Waals surface area (Å²) in [6, 6.07) is 0.548. The highest BCUT2D eigenvalue weighted by Crippen LogP contribution is 2.30. The Kier molecular flexibility index (Phi) is 3.71. The van der Waals surface area contributed by atoms with Gasteiger partial charge >= 0.3 is 0 Å². The molecule has 3 rings (SSSR count). The number of fused-ring (bicyclic) bond motifs is 1. The minimum atomic E-state index is 0.548. The van der Waals surface area contributed by atoms with E-state index in [0.717, 1.165) is 18.1 Å². The number of hydrogen-bond donors (Lipinski definition) is 1. The van der Waals surface area contributed by atoms with Crippen molar-refractivity contribution in [3.63, 3.8) is 0 Å². The van der Waals surface area contributed by atoms with Crippen molar-refractivity contribution in [3.05, 3.63) is 39.6 Å². The maximum Gasteiger partial charge on any atom is 0.0898 e. The molecule has 1 unspecified atom stereocenters. The average Bonchev–Trinajstić information content (AvgIpc) is 2.97. The van der Waals surface area contributed by atoms with Crippen molar-refractivity contribution in [1.29, 1.82) is 0 Å². The summed E-state index contributed by atoms with van der Waals surface area (Å²) in [5.41, 5.74) is 4.19. The zero-order valence-corrected chi connectivity index (χ0v) is 12.5. The second-order valence-electron chi connectivity index (χ2n) is 5.27. The molecule has 0 bridgehead atoms. The van der Waals surface area contributed by atoms with Crippen molar-refractivity contribution < 1.29 is 0 Å². The maximum atomic E-state index is 4.55. The van der Waals surface area contributed by atoms with Crippen LogP contribution in [0.1, 0.15) is 47.6 Å². The van der Waals surface area contributed by atoms with Gasteiger partial charge in [0.15, 0.2) is 0 Å². The summed E-state index contributed by atoms with van der Waals surface area (Å²) in [7, 11) is 0. The molecule has 2 aromatic heterocycles. The van der Waals surface area contributed by atoms with E-state index in [1.165, 1.54) is 36.1 Å². The van der Waals surface area contributed by atoms with Crippen molar-refractivity contribution in [2.75, 3.05) is 6.54 Å². The molecule has 1 N–H and O–H groups in total. The second kappa shape index (κ2) is 5.47. The van der Waals surface area contributed by atoms with Gasteiger partial charge in [-0.25, -0.2) is 4.98 Å². The minimum absolute atomic E-state index is 0.548. The maximum absolute atomic E-state index is 4.55. The van der Waals surface area contributed by atoms with Crippen molar-refractivity contribution in [2.24, 2.45) is 0 Å². The van der Waals surface area contributed by atoms with Crippen LogP contribution < -0.4 is 5.32 Å². The van der Waals surface area contributed by atoms with Crippen LogP contribution in [0.25, 0.3) is 0 Å². The van der Waals surface area contributed by atoms with E-state index < -0.39 is 0 Å². The van der Waals surface area contributed by atoms with Crippen LogP contribution in [0.2, 0.25) is 0 Å². The van der Waals surface area contributed by atoms with Gasteiger partial charge < -0.3 is 9.88 Å². The number of aromatic nitrogens is 2. The molecule has 0 saturated heterocycles. The highest BCUT2D eigenvalue weighted by molar-refractivity contribution is 7.09. The first-order chi connectivity index (χ1) is 9.26. The predicted octanol–water partition coefficient (Wildman–Crippen LogP) is 3.29. The monoisotopic (exact) mass is 275 g/mol. The quantitative estimate of drug-likeness (QED) is 0.928. The van der Waals surface area contributed by atoms with E-state index in [9.17, 15) is 0 Å². The van der Waals surface area contributed by atoms with Gasteiger partial charge in [0.05, 0.1) is 17.2 Å². The number of nitrogens with zero attached hydrogens (tertiary/aromatic N) is 2. The van der Waals surface area contributed by atoms with Gasteiger partial charge in [0.2, 0.25) is 0 Å². The van der Waals surface area contributed by atoms with Gasteiger partial charge in [-0.1, -0.05) is 6.92 Å². The van der Waals surface area contributed by atoms with Gasteiger partial charge in [0.1, 0.15) is 0 Å². The van der Waals surface area contributed by atoms with Crippen LogP contribution in [0.3, 0.4) is 0 Å². The molecule has 0 aliphatic heterocycles. The standard InChI is InChI=1S/C15H21N3S/c1-3-16-15-6-4-5-12-7-18(9-14(12)15)8-13-10-19-11(2)17-13/h7,9-10,15-16H,3-6,8H2,1-2H3. The summed E-state index contributed by atoms with van der Waals surface area (Å²) in [6.45, 7) is 6.19. The smallest absolute Gasteiger partial charge is 0.0898 e. The molecule has 0 fully saturated rings. The Morgan fingerprint density at radius 3 is 3.11 bits per heavy atom. The van der Waals surface area contributed by atoms with Gasteiger partial charge in [0.25, 0.3) is 0 Å². The van der Waals surface area contributed by atoms with Gasteiger partial charge in [-0.05, 0) is 43.9 Å². The van der Waals surface area contributed by atoms with Crippen molar-refractivity contribution >= 4 is 11.3 Å². The van der Waals surface area contributed by atoms with E-state index in [1.54, 1.807) is 11.3 Å². The summed E-state index contributed by atoms with van der Waals surface area (Å²) in [6.07, 6.45) is 8.41. The predicted molar refractivity (Wildman–Crippen MR) is 79.7 cm³/mol. The Morgan fingerprint density at radius 1 is 1.47 bits per heavy atom. The first kappa shape index (κ1) is 12.9. The number of nitrogens with one attached hydrogen (secondary N) is 1. The number of aryl methyl sites for hydroxylation is 2. The summed E-state index contributed by atoms with van der Waals surface area (Å²) >= 11 is 1.73. The summed E-state index contributed by atoms with van der Waals surface area (Å²) < 4.78 is 2.30. The molecule has 2 aromatic rings. The summed E-state index contributed by atoms with van der Waals surface area (Å²) in [4.78, 5) is 4.55. The van der Waals surface area contributed by atoms with Crippen LogP contribution in [-0.2, 0) is 13.0 Å². The highest BCUT2D eigenvalue weighted by Gasteiger charge is 2.21. The first-order valence-corrected chi connectivity index (χ1v) is 7.97. The molecule has 0 spiro atoms. The Morgan fingerprint density at radius 2 is 2.37 bits per heavy atom. The van der Waals surface area contributed by atoms with Crippen molar-refractivity contribution in [1.82, 2.24) is 14.9 Å². The van der Waals surface area contributed by atoms with Crippen LogP contribution in [0.4, 0.5) is 0 Å². The fraction of sp³-hybridized carbons (Fsp3) is 0.533. The van der Waals surface area contributed by atoms with Crippen LogP contribution >= 0.6 is 11.3 Å². The lowest BCUT2D eigenvalue weighted by molar-refractivity contribution is 0.473. The first-order valence-electron chi connectivity index (χ1n) is 7.09. The van der Waals surface area contributed by atoms with Crippen LogP contribution in [0, 0.1) is 6.92 Å². The molecular formula is C15H21N3S. The molecule has 0 aromatic carbocycles. The molecule has 1 aliphatic carbocycles. The van der Waals surface area contributed by atoms with Crippen molar-refractivity contribution in [2.45, 2.75) is 45.7 Å². The lowest BCUT2D eigenvalue weighted by Gasteiger charge is -2.22. The number of thiazole rings is 1. The van der Waals surface area contributed by atoms with Gasteiger partial charge in [-0.15, -0.1) is 11.3 Å². The molecule has 1 aliphatic rings. The summed E-state index contributed by atoms with van der Waals surface area (Å²) in [5, 5.41) is 6.91. The fourth-order valence-electron chi connectivity index (χ4n) is 2.97. The highest BCUT2D eigenvalue weighted by atomic mass is 32.1. The molecule has 3 nitrogen and oxygen atoms in total. The molecule has 102 valence electrons. The molecular weight excluding hydrogens is 254 g/mol. The SMILES string of the molecule is CCNC1CCCc2cn(Cc3csc(C)n3)cc21. The molecule has 0 radical (unpaired) electrons. The van der Waals surface area contributed by atoms with E-state index in [1.807, 2.05) is 0 Å². The van der Waals surface area contributed by atoms with E-state index in [4.69, 9.17) is 0 Å². The van der Waals surface area contributed by atoms with Gasteiger partial charge in [-0.3, -0.25) is 0 Å². The third-order valence-corrected chi connectivity index (χ3v) is 4.60. The number of rotatable bonds is 4. The largest absolute Gasteiger partial charge is 0.348 e. The number of hydrogen-bond acceptors (Lipinski definition) is 3. The molecule has 19 heavy (non-hydrogen) atoms. The topological polar surface area (TPSA) is 29.9 Å². The van der Waals surface area contributed by atoms with Gasteiger partial charge in [-0.2, -0.15) is 0 Å². The van der Waals surface area contributed by atoms with Gasteiger partial charge in [0, 0.05) is 23.8 Å². The fourth-order valence-corrected chi connectivity index (χ4v) is 3.57. The molecule has 1 atom stereocenters. The van der Waals surface area contributed by atoms with Crippen LogP contribution in [0.15, 0.2) is 17.8 Å². The average molecular weight is 275 g/mol. The van der Waals surface area contributed by atoms with Crippen molar-refractivity contribution in [3.8, 4) is 0 Å². The normalized spacial score (nSPS) is 18.5. The molecule has 0 saturated carbocycles. The Hall–Kier alpha value is -1.13. The Bertz CT molecular complexity index is 555. The van der Waals surface area contributed by atoms with E-state index >= 15 is 0 Å².